The van der Waals surface area contributed by atoms with Crippen LogP contribution in [-0.4, -0.2) is 23.9 Å². The molecule has 0 aromatic heterocycles. The molecule has 1 atom stereocenters. The second-order valence-electron chi connectivity index (χ2n) is 3.45. The van der Waals surface area contributed by atoms with Crippen molar-refractivity contribution >= 4 is 5.97 Å². The highest BCUT2D eigenvalue weighted by atomic mass is 16.7. The Hall–Kier alpha value is -2.40. The second kappa shape index (κ2) is 4.63. The van der Waals surface area contributed by atoms with E-state index in [9.17, 15) is 4.79 Å². The first kappa shape index (κ1) is 11.1. The maximum absolute atomic E-state index is 10.8. The van der Waals surface area contributed by atoms with E-state index in [1.54, 1.807) is 18.2 Å². The zero-order chi connectivity index (χ0) is 12.3. The van der Waals surface area contributed by atoms with E-state index in [1.165, 1.54) is 0 Å². The first-order valence-electron chi connectivity index (χ1n) is 4.86. The number of fused-ring (bicyclic) bond motifs is 1. The van der Waals surface area contributed by atoms with Crippen molar-refractivity contribution in [2.75, 3.05) is 6.79 Å². The number of carboxylic acid groups (broad SMARTS) is 1. The van der Waals surface area contributed by atoms with Crippen molar-refractivity contribution in [3.8, 4) is 11.5 Å². The molecule has 0 aliphatic carbocycles. The van der Waals surface area contributed by atoms with Gasteiger partial charge in [-0.1, -0.05) is 11.2 Å². The van der Waals surface area contributed by atoms with E-state index in [0.717, 1.165) is 0 Å². The lowest BCUT2D eigenvalue weighted by Crippen LogP contribution is -2.19. The van der Waals surface area contributed by atoms with Gasteiger partial charge in [0.05, 0.1) is 0 Å². The summed E-state index contributed by atoms with van der Waals surface area (Å²) in [5.41, 5.74) is 8.99. The molecule has 0 unspecified atom stereocenters. The number of rotatable bonds is 4. The third-order valence-electron chi connectivity index (χ3n) is 2.34. The van der Waals surface area contributed by atoms with Gasteiger partial charge in [-0.05, 0) is 29.6 Å². The fourth-order valence-electron chi connectivity index (χ4n) is 1.53. The second-order valence-corrected chi connectivity index (χ2v) is 3.45. The number of azide groups is 1. The first-order valence-corrected chi connectivity index (χ1v) is 4.86. The number of nitrogens with zero attached hydrogens (tertiary/aromatic N) is 3. The van der Waals surface area contributed by atoms with Crippen LogP contribution in [-0.2, 0) is 11.2 Å². The highest BCUT2D eigenvalue weighted by Gasteiger charge is 2.19. The Labute approximate surface area is 96.2 Å². The van der Waals surface area contributed by atoms with Crippen molar-refractivity contribution in [3.05, 3.63) is 34.2 Å². The molecule has 7 heteroatoms. The molecule has 1 aliphatic heterocycles. The summed E-state index contributed by atoms with van der Waals surface area (Å²) in [6, 6.07) is 3.99. The largest absolute Gasteiger partial charge is 0.481 e. The molecular weight excluding hydrogens is 226 g/mol. The van der Waals surface area contributed by atoms with Crippen LogP contribution in [0.3, 0.4) is 0 Å². The quantitative estimate of drug-likeness (QED) is 0.487. The van der Waals surface area contributed by atoms with E-state index < -0.39 is 12.0 Å². The predicted molar refractivity (Wildman–Crippen MR) is 56.8 cm³/mol. The van der Waals surface area contributed by atoms with E-state index in [4.69, 9.17) is 20.1 Å². The van der Waals surface area contributed by atoms with Gasteiger partial charge in [0.15, 0.2) is 11.5 Å². The van der Waals surface area contributed by atoms with Gasteiger partial charge in [-0.25, -0.2) is 0 Å². The summed E-state index contributed by atoms with van der Waals surface area (Å²) in [6.07, 6.45) is 0.121. The standard InChI is InChI=1S/C10H9N3O4/c11-13-12-7(10(14)15)3-6-1-2-8-9(4-6)17-5-16-8/h1-2,4,7H,3,5H2,(H,14,15)/t7-/m1/s1. The summed E-state index contributed by atoms with van der Waals surface area (Å²) in [7, 11) is 0. The van der Waals surface area contributed by atoms with Crippen LogP contribution < -0.4 is 9.47 Å². The van der Waals surface area contributed by atoms with Crippen LogP contribution in [0.25, 0.3) is 10.4 Å². The molecule has 88 valence electrons. The van der Waals surface area contributed by atoms with Crippen molar-refractivity contribution in [1.29, 1.82) is 0 Å². The predicted octanol–water partition coefficient (Wildman–Crippen LogP) is 1.72. The van der Waals surface area contributed by atoms with Crippen LogP contribution in [0.15, 0.2) is 23.3 Å². The van der Waals surface area contributed by atoms with Gasteiger partial charge in [0.25, 0.3) is 0 Å². The normalized spacial score (nSPS) is 13.9. The van der Waals surface area contributed by atoms with Gasteiger partial charge < -0.3 is 14.6 Å². The maximum atomic E-state index is 10.8. The first-order chi connectivity index (χ1) is 8.20. The topological polar surface area (TPSA) is 105 Å². The lowest BCUT2D eigenvalue weighted by Gasteiger charge is -2.06. The van der Waals surface area contributed by atoms with E-state index in [2.05, 4.69) is 10.0 Å². The number of aliphatic carboxylic acids is 1. The molecule has 1 aliphatic rings. The average molecular weight is 235 g/mol. The molecule has 1 heterocycles. The molecule has 0 bridgehead atoms. The zero-order valence-corrected chi connectivity index (χ0v) is 8.74. The Kier molecular flexibility index (Phi) is 3.02. The number of carbonyl (C=O) groups is 1. The Morgan fingerprint density at radius 2 is 2.29 bits per heavy atom. The van der Waals surface area contributed by atoms with Crippen molar-refractivity contribution in [3.63, 3.8) is 0 Å². The van der Waals surface area contributed by atoms with Crippen LogP contribution in [0.2, 0.25) is 0 Å². The minimum atomic E-state index is -1.15. The SMILES string of the molecule is [N-]=[N+]=N[C@H](Cc1ccc2c(c1)OCO2)C(=O)O. The minimum absolute atomic E-state index is 0.121. The van der Waals surface area contributed by atoms with E-state index >= 15 is 0 Å². The summed E-state index contributed by atoms with van der Waals surface area (Å²) in [5, 5.41) is 12.1. The zero-order valence-electron chi connectivity index (χ0n) is 8.74. The molecule has 0 saturated carbocycles. The smallest absolute Gasteiger partial charge is 0.312 e. The Bertz CT molecular complexity index is 494. The van der Waals surface area contributed by atoms with Crippen LogP contribution in [0.1, 0.15) is 5.56 Å². The van der Waals surface area contributed by atoms with E-state index in [0.29, 0.717) is 17.1 Å². The van der Waals surface area contributed by atoms with Crippen molar-refractivity contribution in [2.45, 2.75) is 12.5 Å². The van der Waals surface area contributed by atoms with Gasteiger partial charge in [0, 0.05) is 4.91 Å². The fourth-order valence-corrected chi connectivity index (χ4v) is 1.53. The molecule has 1 aromatic rings. The molecule has 0 radical (unpaired) electrons. The summed E-state index contributed by atoms with van der Waals surface area (Å²) < 4.78 is 10.3. The molecular formula is C10H9N3O4. The summed E-state index contributed by atoms with van der Waals surface area (Å²) in [6.45, 7) is 0.164. The molecule has 1 N–H and O–H groups in total. The maximum Gasteiger partial charge on any atom is 0.312 e. The lowest BCUT2D eigenvalue weighted by atomic mass is 10.1. The monoisotopic (exact) mass is 235 g/mol. The minimum Gasteiger partial charge on any atom is -0.481 e. The highest BCUT2D eigenvalue weighted by molar-refractivity contribution is 5.74. The van der Waals surface area contributed by atoms with Crippen LogP contribution in [0, 0.1) is 0 Å². The molecule has 7 nitrogen and oxygen atoms in total. The summed E-state index contributed by atoms with van der Waals surface area (Å²) in [5.74, 6) is 0.0532. The number of hydrogen-bond acceptors (Lipinski definition) is 4. The van der Waals surface area contributed by atoms with Gasteiger partial charge in [-0.15, -0.1) is 0 Å². The number of hydrogen-bond donors (Lipinski definition) is 1. The molecule has 2 rings (SSSR count). The number of benzene rings is 1. The third kappa shape index (κ3) is 2.40. The lowest BCUT2D eigenvalue weighted by molar-refractivity contribution is -0.138. The molecule has 0 saturated heterocycles. The fraction of sp³-hybridized carbons (Fsp3) is 0.300. The van der Waals surface area contributed by atoms with Gasteiger partial charge in [-0.2, -0.15) is 0 Å². The van der Waals surface area contributed by atoms with Crippen LogP contribution in [0.4, 0.5) is 0 Å². The third-order valence-corrected chi connectivity index (χ3v) is 2.34. The van der Waals surface area contributed by atoms with Crippen LogP contribution >= 0.6 is 0 Å². The van der Waals surface area contributed by atoms with Crippen LogP contribution in [0.5, 0.6) is 11.5 Å². The highest BCUT2D eigenvalue weighted by Crippen LogP contribution is 2.32. The van der Waals surface area contributed by atoms with Gasteiger partial charge in [-0.3, -0.25) is 4.79 Å². The molecule has 17 heavy (non-hydrogen) atoms. The number of ether oxygens (including phenoxy) is 2. The Balaban J connectivity index is 2.17. The Morgan fingerprint density at radius 3 is 3.00 bits per heavy atom. The van der Waals surface area contributed by atoms with Gasteiger partial charge >= 0.3 is 5.97 Å². The Morgan fingerprint density at radius 1 is 1.53 bits per heavy atom. The van der Waals surface area contributed by atoms with Gasteiger partial charge in [0.2, 0.25) is 6.79 Å². The molecule has 0 fully saturated rings. The number of carboxylic acids is 1. The molecule has 1 aromatic carbocycles. The van der Waals surface area contributed by atoms with E-state index in [1.807, 2.05) is 0 Å². The molecule has 0 amide bonds. The van der Waals surface area contributed by atoms with E-state index in [-0.39, 0.29) is 13.2 Å². The van der Waals surface area contributed by atoms with Crippen molar-refractivity contribution in [2.24, 2.45) is 5.11 Å². The summed E-state index contributed by atoms with van der Waals surface area (Å²) in [4.78, 5) is 13.3. The van der Waals surface area contributed by atoms with Gasteiger partial charge in [0.1, 0.15) is 6.04 Å². The average Bonchev–Trinajstić information content (AvgIpc) is 2.75. The van der Waals surface area contributed by atoms with Crippen molar-refractivity contribution < 1.29 is 19.4 Å². The summed E-state index contributed by atoms with van der Waals surface area (Å²) >= 11 is 0. The van der Waals surface area contributed by atoms with Crippen molar-refractivity contribution in [1.82, 2.24) is 0 Å². The molecule has 0 spiro atoms.